The standard InChI is InChI=1S/C14H19NO/c1-11-4-6-12(7-5-11)9-15-10-13(16)8-14(15,2)3/h4-7H,8-10H2,1-3H3. The van der Waals surface area contributed by atoms with E-state index in [0.29, 0.717) is 18.7 Å². The molecular weight excluding hydrogens is 198 g/mol. The summed E-state index contributed by atoms with van der Waals surface area (Å²) >= 11 is 0. The van der Waals surface area contributed by atoms with Crippen molar-refractivity contribution in [2.45, 2.75) is 39.3 Å². The highest BCUT2D eigenvalue weighted by Gasteiger charge is 2.36. The molecule has 86 valence electrons. The van der Waals surface area contributed by atoms with Crippen LogP contribution in [0.2, 0.25) is 0 Å². The Morgan fingerprint density at radius 2 is 1.88 bits per heavy atom. The van der Waals surface area contributed by atoms with Gasteiger partial charge in [0.05, 0.1) is 6.54 Å². The van der Waals surface area contributed by atoms with Crippen molar-refractivity contribution in [3.8, 4) is 0 Å². The lowest BCUT2D eigenvalue weighted by molar-refractivity contribution is -0.117. The molecule has 0 N–H and O–H groups in total. The van der Waals surface area contributed by atoms with Crippen LogP contribution in [-0.4, -0.2) is 22.8 Å². The summed E-state index contributed by atoms with van der Waals surface area (Å²) in [4.78, 5) is 13.7. The number of rotatable bonds is 2. The minimum absolute atomic E-state index is 0.0158. The second-order valence-electron chi connectivity index (χ2n) is 5.37. The molecule has 0 bridgehead atoms. The number of nitrogens with zero attached hydrogens (tertiary/aromatic N) is 1. The van der Waals surface area contributed by atoms with Gasteiger partial charge in [-0.3, -0.25) is 9.69 Å². The topological polar surface area (TPSA) is 20.3 Å². The van der Waals surface area contributed by atoms with Crippen molar-refractivity contribution < 1.29 is 4.79 Å². The highest BCUT2D eigenvalue weighted by atomic mass is 16.1. The van der Waals surface area contributed by atoms with Gasteiger partial charge < -0.3 is 0 Å². The highest BCUT2D eigenvalue weighted by molar-refractivity contribution is 5.84. The van der Waals surface area contributed by atoms with Gasteiger partial charge in [-0.25, -0.2) is 0 Å². The summed E-state index contributed by atoms with van der Waals surface area (Å²) in [6.07, 6.45) is 0.679. The molecule has 1 aliphatic heterocycles. The van der Waals surface area contributed by atoms with Gasteiger partial charge in [-0.05, 0) is 26.3 Å². The first kappa shape index (κ1) is 11.3. The number of carbonyl (C=O) groups excluding carboxylic acids is 1. The Bertz CT molecular complexity index is 392. The fourth-order valence-corrected chi connectivity index (χ4v) is 2.26. The molecule has 16 heavy (non-hydrogen) atoms. The number of hydrogen-bond acceptors (Lipinski definition) is 2. The van der Waals surface area contributed by atoms with Gasteiger partial charge in [0.2, 0.25) is 0 Å². The number of ketones is 1. The Hall–Kier alpha value is -1.15. The largest absolute Gasteiger partial charge is 0.298 e. The van der Waals surface area contributed by atoms with Crippen molar-refractivity contribution in [2.75, 3.05) is 6.54 Å². The molecule has 2 nitrogen and oxygen atoms in total. The van der Waals surface area contributed by atoms with E-state index in [4.69, 9.17) is 0 Å². The molecule has 1 saturated heterocycles. The molecule has 2 heteroatoms. The Balaban J connectivity index is 2.10. The van der Waals surface area contributed by atoms with Crippen LogP contribution in [0, 0.1) is 6.92 Å². The molecule has 1 aromatic carbocycles. The van der Waals surface area contributed by atoms with Gasteiger partial charge in [-0.2, -0.15) is 0 Å². The van der Waals surface area contributed by atoms with E-state index in [9.17, 15) is 4.79 Å². The molecule has 0 amide bonds. The monoisotopic (exact) mass is 217 g/mol. The van der Waals surface area contributed by atoms with Crippen LogP contribution in [0.15, 0.2) is 24.3 Å². The second-order valence-corrected chi connectivity index (χ2v) is 5.37. The number of likely N-dealkylation sites (tertiary alicyclic amines) is 1. The van der Waals surface area contributed by atoms with E-state index in [1.165, 1.54) is 11.1 Å². The normalized spacial score (nSPS) is 20.3. The number of Topliss-reactive ketones (excluding diaryl/α,β-unsaturated/α-hetero) is 1. The van der Waals surface area contributed by atoms with Gasteiger partial charge in [0.25, 0.3) is 0 Å². The summed E-state index contributed by atoms with van der Waals surface area (Å²) in [6.45, 7) is 7.85. The first-order chi connectivity index (χ1) is 7.47. The Kier molecular flexibility index (Phi) is 2.85. The van der Waals surface area contributed by atoms with Crippen molar-refractivity contribution >= 4 is 5.78 Å². The SMILES string of the molecule is Cc1ccc(CN2CC(=O)CC2(C)C)cc1. The quantitative estimate of drug-likeness (QED) is 0.758. The summed E-state index contributed by atoms with van der Waals surface area (Å²) < 4.78 is 0. The van der Waals surface area contributed by atoms with Crippen molar-refractivity contribution in [1.82, 2.24) is 4.90 Å². The maximum Gasteiger partial charge on any atom is 0.148 e. The summed E-state index contributed by atoms with van der Waals surface area (Å²) in [6, 6.07) is 8.54. The molecule has 0 spiro atoms. The van der Waals surface area contributed by atoms with Crippen molar-refractivity contribution in [3.63, 3.8) is 0 Å². The van der Waals surface area contributed by atoms with Crippen LogP contribution >= 0.6 is 0 Å². The predicted octanol–water partition coefficient (Wildman–Crippen LogP) is 2.55. The molecule has 1 heterocycles. The first-order valence-electron chi connectivity index (χ1n) is 5.80. The average molecular weight is 217 g/mol. The third-order valence-electron chi connectivity index (χ3n) is 3.35. The summed E-state index contributed by atoms with van der Waals surface area (Å²) in [5.41, 5.74) is 2.58. The molecule has 2 rings (SSSR count). The van der Waals surface area contributed by atoms with Crippen LogP contribution in [0.4, 0.5) is 0 Å². The van der Waals surface area contributed by atoms with Gasteiger partial charge in [0, 0.05) is 18.5 Å². The third-order valence-corrected chi connectivity index (χ3v) is 3.35. The van der Waals surface area contributed by atoms with E-state index in [-0.39, 0.29) is 5.54 Å². The Labute approximate surface area is 97.3 Å². The Morgan fingerprint density at radius 1 is 1.25 bits per heavy atom. The molecule has 0 atom stereocenters. The zero-order valence-corrected chi connectivity index (χ0v) is 10.3. The van der Waals surface area contributed by atoms with E-state index in [0.717, 1.165) is 6.54 Å². The molecule has 0 saturated carbocycles. The summed E-state index contributed by atoms with van der Waals surface area (Å²) in [7, 11) is 0. The Morgan fingerprint density at radius 3 is 2.38 bits per heavy atom. The van der Waals surface area contributed by atoms with Crippen LogP contribution in [0.5, 0.6) is 0 Å². The van der Waals surface area contributed by atoms with Gasteiger partial charge in [-0.1, -0.05) is 29.8 Å². The van der Waals surface area contributed by atoms with Gasteiger partial charge in [0.15, 0.2) is 0 Å². The fourth-order valence-electron chi connectivity index (χ4n) is 2.26. The van der Waals surface area contributed by atoms with Crippen molar-refractivity contribution in [3.05, 3.63) is 35.4 Å². The maximum atomic E-state index is 11.5. The van der Waals surface area contributed by atoms with Crippen LogP contribution < -0.4 is 0 Å². The molecule has 0 unspecified atom stereocenters. The number of hydrogen-bond donors (Lipinski definition) is 0. The van der Waals surface area contributed by atoms with Crippen LogP contribution in [0.3, 0.4) is 0 Å². The molecular formula is C14H19NO. The molecule has 1 aliphatic rings. The smallest absolute Gasteiger partial charge is 0.148 e. The van der Waals surface area contributed by atoms with E-state index in [1.807, 2.05) is 0 Å². The highest BCUT2D eigenvalue weighted by Crippen LogP contribution is 2.27. The van der Waals surface area contributed by atoms with Crippen LogP contribution in [-0.2, 0) is 11.3 Å². The van der Waals surface area contributed by atoms with Crippen LogP contribution in [0.1, 0.15) is 31.4 Å². The molecule has 0 aromatic heterocycles. The van der Waals surface area contributed by atoms with Crippen molar-refractivity contribution in [1.29, 1.82) is 0 Å². The molecule has 1 fully saturated rings. The second kappa shape index (κ2) is 4.02. The van der Waals surface area contributed by atoms with Crippen molar-refractivity contribution in [2.24, 2.45) is 0 Å². The van der Waals surface area contributed by atoms with Crippen LogP contribution in [0.25, 0.3) is 0 Å². The van der Waals surface area contributed by atoms with Gasteiger partial charge in [-0.15, -0.1) is 0 Å². The summed E-state index contributed by atoms with van der Waals surface area (Å²) in [5.74, 6) is 0.358. The number of carbonyl (C=O) groups is 1. The predicted molar refractivity (Wildman–Crippen MR) is 65.3 cm³/mol. The molecule has 1 aromatic rings. The lowest BCUT2D eigenvalue weighted by atomic mass is 10.0. The fraction of sp³-hybridized carbons (Fsp3) is 0.500. The minimum atomic E-state index is 0.0158. The summed E-state index contributed by atoms with van der Waals surface area (Å²) in [5, 5.41) is 0. The number of benzene rings is 1. The average Bonchev–Trinajstić information content (AvgIpc) is 2.43. The van der Waals surface area contributed by atoms with Gasteiger partial charge >= 0.3 is 0 Å². The first-order valence-corrected chi connectivity index (χ1v) is 5.80. The zero-order chi connectivity index (χ0) is 11.8. The van der Waals surface area contributed by atoms with E-state index >= 15 is 0 Å². The lowest BCUT2D eigenvalue weighted by Crippen LogP contribution is -2.37. The minimum Gasteiger partial charge on any atom is -0.298 e. The molecule has 0 radical (unpaired) electrons. The zero-order valence-electron chi connectivity index (χ0n) is 10.3. The van der Waals surface area contributed by atoms with Gasteiger partial charge in [0.1, 0.15) is 5.78 Å². The van der Waals surface area contributed by atoms with E-state index in [1.54, 1.807) is 0 Å². The molecule has 0 aliphatic carbocycles. The lowest BCUT2D eigenvalue weighted by Gasteiger charge is -2.30. The maximum absolute atomic E-state index is 11.5. The number of aryl methyl sites for hydroxylation is 1. The van der Waals surface area contributed by atoms with E-state index < -0.39 is 0 Å². The van der Waals surface area contributed by atoms with E-state index in [2.05, 4.69) is 49.9 Å². The third kappa shape index (κ3) is 2.33.